The molecule has 7 nitrogen and oxygen atoms in total. The third-order valence-electron chi connectivity index (χ3n) is 5.15. The maximum absolute atomic E-state index is 12.3. The summed E-state index contributed by atoms with van der Waals surface area (Å²) in [5, 5.41) is 7.61. The maximum atomic E-state index is 12.3. The van der Waals surface area contributed by atoms with Crippen LogP contribution >= 0.6 is 0 Å². The SMILES string of the molecule is COCCc1ccc(CCOC(=O)c2ccc(OCCCCCCOC=O)cc2)cc1C=N. The minimum absolute atomic E-state index is 0.268. The van der Waals surface area contributed by atoms with Gasteiger partial charge in [0.1, 0.15) is 5.75 Å². The average Bonchev–Trinajstić information content (AvgIpc) is 2.85. The van der Waals surface area contributed by atoms with Crippen molar-refractivity contribution in [3.63, 3.8) is 0 Å². The Hall–Kier alpha value is -3.19. The minimum atomic E-state index is -0.372. The third kappa shape index (κ3) is 9.87. The quantitative estimate of drug-likeness (QED) is 0.165. The molecule has 33 heavy (non-hydrogen) atoms. The molecule has 0 spiro atoms. The number of nitrogens with one attached hydrogen (secondary N) is 1. The highest BCUT2D eigenvalue weighted by Gasteiger charge is 2.08. The predicted octanol–water partition coefficient (Wildman–Crippen LogP) is 4.38. The molecule has 2 aromatic carbocycles. The molecule has 2 rings (SSSR count). The van der Waals surface area contributed by atoms with Crippen molar-refractivity contribution in [1.29, 1.82) is 5.41 Å². The van der Waals surface area contributed by atoms with Crippen LogP contribution in [0.1, 0.15) is 52.7 Å². The molecule has 0 fully saturated rings. The maximum Gasteiger partial charge on any atom is 0.338 e. The Labute approximate surface area is 195 Å². The van der Waals surface area contributed by atoms with Crippen LogP contribution in [0.25, 0.3) is 0 Å². The van der Waals surface area contributed by atoms with E-state index in [2.05, 4.69) is 4.74 Å². The van der Waals surface area contributed by atoms with Gasteiger partial charge in [-0.1, -0.05) is 12.1 Å². The molecule has 0 radical (unpaired) electrons. The number of carbonyl (C=O) groups excluding carboxylic acids is 2. The van der Waals surface area contributed by atoms with E-state index in [1.165, 1.54) is 6.21 Å². The van der Waals surface area contributed by atoms with E-state index in [-0.39, 0.29) is 12.6 Å². The van der Waals surface area contributed by atoms with Crippen molar-refractivity contribution in [1.82, 2.24) is 0 Å². The lowest BCUT2D eigenvalue weighted by Crippen LogP contribution is -2.09. The number of methoxy groups -OCH3 is 1. The van der Waals surface area contributed by atoms with E-state index in [1.54, 1.807) is 31.4 Å². The fourth-order valence-corrected chi connectivity index (χ4v) is 3.29. The highest BCUT2D eigenvalue weighted by molar-refractivity contribution is 5.89. The van der Waals surface area contributed by atoms with Crippen LogP contribution in [0.5, 0.6) is 5.75 Å². The van der Waals surface area contributed by atoms with Gasteiger partial charge in [-0.3, -0.25) is 4.79 Å². The van der Waals surface area contributed by atoms with Gasteiger partial charge < -0.3 is 24.4 Å². The Balaban J connectivity index is 1.70. The first-order valence-corrected chi connectivity index (χ1v) is 11.2. The largest absolute Gasteiger partial charge is 0.494 e. The molecular formula is C26H33NO6. The summed E-state index contributed by atoms with van der Waals surface area (Å²) in [5.41, 5.74) is 3.42. The molecule has 0 saturated carbocycles. The van der Waals surface area contributed by atoms with Gasteiger partial charge in [0, 0.05) is 19.7 Å². The fraction of sp³-hybridized carbons (Fsp3) is 0.423. The first kappa shape index (κ1) is 26.1. The normalized spacial score (nSPS) is 10.5. The van der Waals surface area contributed by atoms with Gasteiger partial charge in [0.15, 0.2) is 0 Å². The molecular weight excluding hydrogens is 422 g/mol. The molecule has 0 aromatic heterocycles. The second kappa shape index (κ2) is 15.6. The standard InChI is InChI=1S/C26H33NO6/c1-30-16-13-22-7-6-21(18-24(22)19-27)12-17-33-26(29)23-8-10-25(11-9-23)32-15-5-3-2-4-14-31-20-28/h6-11,18-20,27H,2-5,12-17H2,1H3. The van der Waals surface area contributed by atoms with E-state index in [9.17, 15) is 9.59 Å². The van der Waals surface area contributed by atoms with Crippen LogP contribution in [0.15, 0.2) is 42.5 Å². The van der Waals surface area contributed by atoms with Crippen molar-refractivity contribution < 1.29 is 28.5 Å². The molecule has 0 amide bonds. The molecule has 2 aromatic rings. The zero-order valence-electron chi connectivity index (χ0n) is 19.2. The number of hydrogen-bond acceptors (Lipinski definition) is 7. The molecule has 0 bridgehead atoms. The molecule has 0 unspecified atom stereocenters. The van der Waals surface area contributed by atoms with Gasteiger partial charge in [-0.15, -0.1) is 0 Å². The van der Waals surface area contributed by atoms with Crippen LogP contribution in [0.3, 0.4) is 0 Å². The number of esters is 1. The van der Waals surface area contributed by atoms with Gasteiger partial charge in [-0.2, -0.15) is 0 Å². The molecule has 0 aliphatic rings. The summed E-state index contributed by atoms with van der Waals surface area (Å²) in [6, 6.07) is 12.9. The van der Waals surface area contributed by atoms with E-state index in [0.717, 1.165) is 48.8 Å². The Bertz CT molecular complexity index is 866. The Morgan fingerprint density at radius 1 is 0.909 bits per heavy atom. The van der Waals surface area contributed by atoms with Crippen LogP contribution in [-0.4, -0.2) is 52.2 Å². The lowest BCUT2D eigenvalue weighted by atomic mass is 10.0. The summed E-state index contributed by atoms with van der Waals surface area (Å²) < 4.78 is 20.9. The van der Waals surface area contributed by atoms with E-state index < -0.39 is 0 Å². The molecule has 0 atom stereocenters. The van der Waals surface area contributed by atoms with Gasteiger partial charge in [-0.05, 0) is 79.1 Å². The van der Waals surface area contributed by atoms with E-state index in [0.29, 0.717) is 44.0 Å². The average molecular weight is 456 g/mol. The van der Waals surface area contributed by atoms with Crippen molar-refractivity contribution in [3.8, 4) is 5.75 Å². The Morgan fingerprint density at radius 2 is 1.67 bits per heavy atom. The molecule has 1 N–H and O–H groups in total. The van der Waals surface area contributed by atoms with Gasteiger partial charge in [0.05, 0.1) is 32.0 Å². The summed E-state index contributed by atoms with van der Waals surface area (Å²) >= 11 is 0. The minimum Gasteiger partial charge on any atom is -0.494 e. The second-order valence-corrected chi connectivity index (χ2v) is 7.56. The summed E-state index contributed by atoms with van der Waals surface area (Å²) in [4.78, 5) is 22.4. The lowest BCUT2D eigenvalue weighted by Gasteiger charge is -2.10. The summed E-state index contributed by atoms with van der Waals surface area (Å²) in [7, 11) is 1.66. The number of rotatable bonds is 17. The number of carbonyl (C=O) groups is 2. The molecule has 0 heterocycles. The van der Waals surface area contributed by atoms with E-state index in [4.69, 9.17) is 19.6 Å². The zero-order valence-corrected chi connectivity index (χ0v) is 19.2. The van der Waals surface area contributed by atoms with Crippen LogP contribution in [0.2, 0.25) is 0 Å². The molecule has 0 aliphatic carbocycles. The molecule has 178 valence electrons. The lowest BCUT2D eigenvalue weighted by molar-refractivity contribution is -0.128. The first-order valence-electron chi connectivity index (χ1n) is 11.2. The Morgan fingerprint density at radius 3 is 2.36 bits per heavy atom. The number of benzene rings is 2. The van der Waals surface area contributed by atoms with Gasteiger partial charge >= 0.3 is 5.97 Å². The van der Waals surface area contributed by atoms with Crippen LogP contribution < -0.4 is 4.74 Å². The van der Waals surface area contributed by atoms with Crippen LogP contribution in [-0.2, 0) is 31.8 Å². The number of unbranched alkanes of at least 4 members (excludes halogenated alkanes) is 3. The summed E-state index contributed by atoms with van der Waals surface area (Å²) in [5.74, 6) is 0.339. The van der Waals surface area contributed by atoms with Crippen molar-refractivity contribution in [3.05, 3.63) is 64.7 Å². The summed E-state index contributed by atoms with van der Waals surface area (Å²) in [6.45, 7) is 2.42. The van der Waals surface area contributed by atoms with Crippen molar-refractivity contribution in [2.75, 3.05) is 33.5 Å². The van der Waals surface area contributed by atoms with Crippen molar-refractivity contribution in [2.24, 2.45) is 0 Å². The molecule has 0 aliphatic heterocycles. The first-order chi connectivity index (χ1) is 16.2. The van der Waals surface area contributed by atoms with Crippen molar-refractivity contribution >= 4 is 18.7 Å². The van der Waals surface area contributed by atoms with Crippen LogP contribution in [0, 0.1) is 5.41 Å². The second-order valence-electron chi connectivity index (χ2n) is 7.56. The highest BCUT2D eigenvalue weighted by atomic mass is 16.5. The summed E-state index contributed by atoms with van der Waals surface area (Å²) in [6.07, 6.45) is 6.45. The fourth-order valence-electron chi connectivity index (χ4n) is 3.29. The van der Waals surface area contributed by atoms with Crippen molar-refractivity contribution in [2.45, 2.75) is 38.5 Å². The smallest absolute Gasteiger partial charge is 0.338 e. The van der Waals surface area contributed by atoms with Crippen LogP contribution in [0.4, 0.5) is 0 Å². The number of ether oxygens (including phenoxy) is 4. The molecule has 7 heteroatoms. The topological polar surface area (TPSA) is 94.9 Å². The highest BCUT2D eigenvalue weighted by Crippen LogP contribution is 2.15. The van der Waals surface area contributed by atoms with Gasteiger partial charge in [0.2, 0.25) is 0 Å². The van der Waals surface area contributed by atoms with E-state index in [1.807, 2.05) is 18.2 Å². The van der Waals surface area contributed by atoms with Gasteiger partial charge in [0.25, 0.3) is 6.47 Å². The zero-order chi connectivity index (χ0) is 23.7. The number of hydrogen-bond donors (Lipinski definition) is 1. The monoisotopic (exact) mass is 455 g/mol. The third-order valence-corrected chi connectivity index (χ3v) is 5.15. The predicted molar refractivity (Wildman–Crippen MR) is 126 cm³/mol. The van der Waals surface area contributed by atoms with E-state index >= 15 is 0 Å². The Kier molecular flexibility index (Phi) is 12.3. The van der Waals surface area contributed by atoms with Gasteiger partial charge in [-0.25, -0.2) is 4.79 Å². The molecule has 0 saturated heterocycles.